The van der Waals surface area contributed by atoms with Crippen LogP contribution in [0.1, 0.15) is 33.6 Å². The van der Waals surface area contributed by atoms with Gasteiger partial charge in [0.15, 0.2) is 5.03 Å². The first-order valence-electron chi connectivity index (χ1n) is 8.71. The second kappa shape index (κ2) is 8.23. The van der Waals surface area contributed by atoms with Gasteiger partial charge in [-0.15, -0.1) is 0 Å². The number of hydrogen-bond donors (Lipinski definition) is 1. The number of aromatic nitrogens is 2. The average Bonchev–Trinajstić information content (AvgIpc) is 2.70. The molecule has 1 heterocycles. The fraction of sp³-hybridized carbons (Fsp3) is 0.143. The summed E-state index contributed by atoms with van der Waals surface area (Å²) < 4.78 is 26.6. The number of aryl methyl sites for hydroxylation is 2. The maximum atomic E-state index is 13.4. The topological polar surface area (TPSA) is 127 Å². The number of nitriles is 2. The van der Waals surface area contributed by atoms with E-state index in [0.29, 0.717) is 22.3 Å². The summed E-state index contributed by atoms with van der Waals surface area (Å²) in [4.78, 5) is 19.2. The molecule has 0 atom stereocenters. The van der Waals surface area contributed by atoms with Crippen LogP contribution >= 0.6 is 15.9 Å². The van der Waals surface area contributed by atoms with E-state index in [1.165, 1.54) is 12.1 Å². The van der Waals surface area contributed by atoms with Gasteiger partial charge in [0.1, 0.15) is 10.3 Å². The van der Waals surface area contributed by atoms with Crippen molar-refractivity contribution >= 4 is 25.8 Å². The minimum atomic E-state index is -4.13. The zero-order valence-electron chi connectivity index (χ0n) is 16.0. The lowest BCUT2D eigenvalue weighted by Crippen LogP contribution is -2.20. The van der Waals surface area contributed by atoms with Crippen LogP contribution < -0.4 is 5.56 Å². The third-order valence-electron chi connectivity index (χ3n) is 4.45. The predicted molar refractivity (Wildman–Crippen MR) is 113 cm³/mol. The van der Waals surface area contributed by atoms with Crippen LogP contribution in [0.5, 0.6) is 0 Å². The van der Waals surface area contributed by atoms with E-state index in [2.05, 4.69) is 25.9 Å². The zero-order valence-corrected chi connectivity index (χ0v) is 18.4. The fourth-order valence-electron chi connectivity index (χ4n) is 3.17. The number of halogens is 1. The molecule has 150 valence electrons. The highest BCUT2D eigenvalue weighted by atomic mass is 79.9. The molecule has 0 amide bonds. The van der Waals surface area contributed by atoms with Crippen LogP contribution in [0.15, 0.2) is 55.6 Å². The molecule has 0 aliphatic carbocycles. The van der Waals surface area contributed by atoms with Gasteiger partial charge in [-0.1, -0.05) is 12.1 Å². The van der Waals surface area contributed by atoms with Gasteiger partial charge in [0.25, 0.3) is 5.56 Å². The van der Waals surface area contributed by atoms with Crippen LogP contribution in [0, 0.1) is 36.5 Å². The monoisotopic (exact) mass is 482 g/mol. The maximum absolute atomic E-state index is 13.4. The average molecular weight is 483 g/mol. The molecular formula is C21H15BrN4O3S. The standard InChI is InChI=1S/C21H15BrN4O3S/c1-12-7-16(11-24)8-13(2)19(12)30(28,29)21-18(22)20(27)25-17(26-21)9-14-3-5-15(10-23)6-4-14/h3-8H,9H2,1-2H3,(H,25,26,27). The van der Waals surface area contributed by atoms with E-state index in [-0.39, 0.29) is 26.6 Å². The molecule has 1 N–H and O–H groups in total. The maximum Gasteiger partial charge on any atom is 0.266 e. The molecule has 0 radical (unpaired) electrons. The number of rotatable bonds is 4. The van der Waals surface area contributed by atoms with E-state index in [9.17, 15) is 13.2 Å². The summed E-state index contributed by atoms with van der Waals surface area (Å²) in [5.74, 6) is 0.176. The highest BCUT2D eigenvalue weighted by Gasteiger charge is 2.28. The van der Waals surface area contributed by atoms with E-state index in [1.54, 1.807) is 38.1 Å². The molecule has 0 aliphatic rings. The number of sulfone groups is 1. The Hall–Kier alpha value is -3.27. The summed E-state index contributed by atoms with van der Waals surface area (Å²) >= 11 is 3.06. The van der Waals surface area contributed by atoms with Crippen LogP contribution in [-0.2, 0) is 16.3 Å². The van der Waals surface area contributed by atoms with E-state index in [4.69, 9.17) is 10.5 Å². The minimum absolute atomic E-state index is 0.0182. The highest BCUT2D eigenvalue weighted by molar-refractivity contribution is 9.10. The predicted octanol–water partition coefficient (Wildman–Crippen LogP) is 3.32. The Morgan fingerprint density at radius 2 is 1.60 bits per heavy atom. The van der Waals surface area contributed by atoms with Gasteiger partial charge in [0, 0.05) is 6.42 Å². The number of benzene rings is 2. The van der Waals surface area contributed by atoms with E-state index < -0.39 is 15.4 Å². The molecule has 0 spiro atoms. The van der Waals surface area contributed by atoms with Crippen molar-refractivity contribution in [2.75, 3.05) is 0 Å². The molecule has 0 saturated heterocycles. The first-order chi connectivity index (χ1) is 14.2. The van der Waals surface area contributed by atoms with Gasteiger partial charge in [-0.2, -0.15) is 10.5 Å². The number of H-pyrrole nitrogens is 1. The lowest BCUT2D eigenvalue weighted by molar-refractivity contribution is 0.588. The third kappa shape index (κ3) is 4.04. The molecule has 1 aromatic heterocycles. The van der Waals surface area contributed by atoms with Crippen LogP contribution in [-0.4, -0.2) is 18.4 Å². The first-order valence-corrected chi connectivity index (χ1v) is 11.0. The Bertz CT molecular complexity index is 1370. The van der Waals surface area contributed by atoms with Gasteiger partial charge in [-0.05, 0) is 70.7 Å². The zero-order chi connectivity index (χ0) is 22.1. The Kier molecular flexibility index (Phi) is 5.88. The Labute approximate surface area is 181 Å². The van der Waals surface area contributed by atoms with Crippen molar-refractivity contribution < 1.29 is 8.42 Å². The van der Waals surface area contributed by atoms with Gasteiger partial charge in [-0.3, -0.25) is 4.79 Å². The number of aromatic amines is 1. The quantitative estimate of drug-likeness (QED) is 0.568. The lowest BCUT2D eigenvalue weighted by Gasteiger charge is -2.13. The molecule has 30 heavy (non-hydrogen) atoms. The van der Waals surface area contributed by atoms with Crippen molar-refractivity contribution in [1.82, 2.24) is 9.97 Å². The highest BCUT2D eigenvalue weighted by Crippen LogP contribution is 2.30. The molecule has 0 fully saturated rings. The van der Waals surface area contributed by atoms with Crippen molar-refractivity contribution in [3.8, 4) is 12.1 Å². The molecule has 3 rings (SSSR count). The number of nitrogens with one attached hydrogen (secondary N) is 1. The van der Waals surface area contributed by atoms with E-state index >= 15 is 0 Å². The molecule has 0 unspecified atom stereocenters. The summed E-state index contributed by atoms with van der Waals surface area (Å²) in [6, 6.07) is 13.7. The molecule has 3 aromatic rings. The van der Waals surface area contributed by atoms with Gasteiger partial charge >= 0.3 is 0 Å². The third-order valence-corrected chi connectivity index (χ3v) is 7.43. The fourth-order valence-corrected chi connectivity index (χ4v) is 5.72. The molecule has 0 bridgehead atoms. The molecule has 0 saturated carbocycles. The van der Waals surface area contributed by atoms with E-state index in [0.717, 1.165) is 5.56 Å². The minimum Gasteiger partial charge on any atom is -0.309 e. The van der Waals surface area contributed by atoms with Gasteiger partial charge in [0.05, 0.1) is 28.2 Å². The summed E-state index contributed by atoms with van der Waals surface area (Å²) in [6.07, 6.45) is 0.183. The molecule has 7 nitrogen and oxygen atoms in total. The molecule has 9 heteroatoms. The van der Waals surface area contributed by atoms with Crippen molar-refractivity contribution in [2.24, 2.45) is 0 Å². The van der Waals surface area contributed by atoms with Crippen molar-refractivity contribution in [3.63, 3.8) is 0 Å². The first kappa shape index (κ1) is 21.4. The van der Waals surface area contributed by atoms with Gasteiger partial charge < -0.3 is 4.98 Å². The van der Waals surface area contributed by atoms with Gasteiger partial charge in [-0.25, -0.2) is 13.4 Å². The van der Waals surface area contributed by atoms with Gasteiger partial charge in [0.2, 0.25) is 9.84 Å². The number of hydrogen-bond acceptors (Lipinski definition) is 6. The largest absolute Gasteiger partial charge is 0.309 e. The summed E-state index contributed by atoms with van der Waals surface area (Å²) in [5.41, 5.74) is 1.78. The van der Waals surface area contributed by atoms with E-state index in [1.807, 2.05) is 12.1 Å². The number of nitrogens with zero attached hydrogens (tertiary/aromatic N) is 3. The molecular weight excluding hydrogens is 468 g/mol. The summed E-state index contributed by atoms with van der Waals surface area (Å²) in [7, 11) is -4.13. The normalized spacial score (nSPS) is 11.0. The SMILES string of the molecule is Cc1cc(C#N)cc(C)c1S(=O)(=O)c1nc(Cc2ccc(C#N)cc2)[nH]c(=O)c1Br. The van der Waals surface area contributed by atoms with Crippen LogP contribution in [0.2, 0.25) is 0 Å². The Morgan fingerprint density at radius 1 is 1.03 bits per heavy atom. The second-order valence-electron chi connectivity index (χ2n) is 6.67. The molecule has 2 aromatic carbocycles. The smallest absolute Gasteiger partial charge is 0.266 e. The summed E-state index contributed by atoms with van der Waals surface area (Å²) in [6.45, 7) is 3.19. The summed E-state index contributed by atoms with van der Waals surface area (Å²) in [5, 5.41) is 17.6. The molecule has 0 aliphatic heterocycles. The van der Waals surface area contributed by atoms with Crippen LogP contribution in [0.4, 0.5) is 0 Å². The van der Waals surface area contributed by atoms with Crippen LogP contribution in [0.25, 0.3) is 0 Å². The van der Waals surface area contributed by atoms with Crippen LogP contribution in [0.3, 0.4) is 0 Å². The van der Waals surface area contributed by atoms with Crippen molar-refractivity contribution in [2.45, 2.75) is 30.2 Å². The Morgan fingerprint density at radius 3 is 2.13 bits per heavy atom. The Balaban J connectivity index is 2.13. The lowest BCUT2D eigenvalue weighted by atomic mass is 10.1. The second-order valence-corrected chi connectivity index (χ2v) is 9.27. The van der Waals surface area contributed by atoms with Crippen molar-refractivity contribution in [3.05, 3.63) is 84.9 Å². The van der Waals surface area contributed by atoms with Crippen molar-refractivity contribution in [1.29, 1.82) is 10.5 Å².